The second-order valence-electron chi connectivity index (χ2n) is 9.70. The zero-order valence-corrected chi connectivity index (χ0v) is 23.4. The first-order chi connectivity index (χ1) is 19.4. The molecular formula is C26H37N5O9S. The molecule has 0 aliphatic carbocycles. The lowest BCUT2D eigenvalue weighted by Gasteiger charge is -2.27. The minimum Gasteiger partial charge on any atom is -0.481 e. The van der Waals surface area contributed by atoms with Gasteiger partial charge in [-0.3, -0.25) is 24.0 Å². The fourth-order valence-corrected chi connectivity index (χ4v) is 4.40. The van der Waals surface area contributed by atoms with E-state index in [1.807, 2.05) is 0 Å². The molecule has 6 atom stereocenters. The molecule has 226 valence electrons. The lowest BCUT2D eigenvalue weighted by atomic mass is 10.0. The maximum absolute atomic E-state index is 13.3. The Kier molecular flexibility index (Phi) is 13.5. The van der Waals surface area contributed by atoms with Gasteiger partial charge in [0.25, 0.3) is 0 Å². The Morgan fingerprint density at radius 3 is 2.07 bits per heavy atom. The van der Waals surface area contributed by atoms with E-state index in [0.717, 1.165) is 6.42 Å². The highest BCUT2D eigenvalue weighted by Gasteiger charge is 2.34. The minimum absolute atomic E-state index is 0.0440. The predicted octanol–water partition coefficient (Wildman–Crippen LogP) is -1.82. The Balaban J connectivity index is 2.23. The summed E-state index contributed by atoms with van der Waals surface area (Å²) in [6.45, 7) is 1.90. The molecular weight excluding hydrogens is 558 g/mol. The lowest BCUT2D eigenvalue weighted by molar-refractivity contribution is -0.141. The van der Waals surface area contributed by atoms with Crippen molar-refractivity contribution in [3.8, 4) is 0 Å². The zero-order chi connectivity index (χ0) is 30.5. The molecule has 1 aliphatic heterocycles. The van der Waals surface area contributed by atoms with Crippen molar-refractivity contribution in [2.45, 2.75) is 75.3 Å². The van der Waals surface area contributed by atoms with Gasteiger partial charge in [0, 0.05) is 18.6 Å². The first-order valence-corrected chi connectivity index (χ1v) is 13.8. The van der Waals surface area contributed by atoms with E-state index in [0.29, 0.717) is 18.5 Å². The van der Waals surface area contributed by atoms with Crippen LogP contribution in [0.2, 0.25) is 0 Å². The van der Waals surface area contributed by atoms with Crippen molar-refractivity contribution in [3.63, 3.8) is 0 Å². The van der Waals surface area contributed by atoms with Crippen LogP contribution in [0, 0.1) is 0 Å². The molecule has 41 heavy (non-hydrogen) atoms. The van der Waals surface area contributed by atoms with E-state index >= 15 is 0 Å². The number of benzene rings is 1. The van der Waals surface area contributed by atoms with Crippen molar-refractivity contribution in [1.82, 2.24) is 26.6 Å². The van der Waals surface area contributed by atoms with Crippen LogP contribution in [0.3, 0.4) is 0 Å². The lowest BCUT2D eigenvalue weighted by Crippen LogP contribution is -2.60. The fourth-order valence-electron chi connectivity index (χ4n) is 4.15. The largest absolute Gasteiger partial charge is 0.481 e. The Labute approximate surface area is 242 Å². The Bertz CT molecular complexity index is 1080. The molecule has 0 bridgehead atoms. The van der Waals surface area contributed by atoms with Gasteiger partial charge in [0.15, 0.2) is 0 Å². The number of aliphatic carboxylic acids is 2. The summed E-state index contributed by atoms with van der Waals surface area (Å²) in [5, 5.41) is 41.3. The number of carbonyl (C=O) groups excluding carboxylic acids is 4. The smallest absolute Gasteiger partial charge is 0.327 e. The van der Waals surface area contributed by atoms with Crippen LogP contribution in [0.1, 0.15) is 38.2 Å². The molecule has 1 aliphatic rings. The Morgan fingerprint density at radius 2 is 1.54 bits per heavy atom. The fraction of sp³-hybridized carbons (Fsp3) is 0.538. The SMILES string of the molecule is C[C@@H](O)[C@H](NC(=O)[C@@H]1CCCN1)C(=O)N[C@@H](CCC(=O)O)C(=O)N[C@@H](Cc1ccccc1)C(=O)N[C@@H](CS)C(=O)O. The van der Waals surface area contributed by atoms with Gasteiger partial charge in [0.1, 0.15) is 24.2 Å². The van der Waals surface area contributed by atoms with Gasteiger partial charge in [0.05, 0.1) is 12.1 Å². The van der Waals surface area contributed by atoms with Crippen LogP contribution in [0.4, 0.5) is 0 Å². The van der Waals surface area contributed by atoms with Crippen LogP contribution in [-0.2, 0) is 35.2 Å². The Morgan fingerprint density at radius 1 is 0.927 bits per heavy atom. The highest BCUT2D eigenvalue weighted by Crippen LogP contribution is 2.09. The van der Waals surface area contributed by atoms with Gasteiger partial charge in [-0.25, -0.2) is 4.79 Å². The van der Waals surface area contributed by atoms with Gasteiger partial charge < -0.3 is 41.9 Å². The van der Waals surface area contributed by atoms with E-state index in [-0.39, 0.29) is 18.6 Å². The molecule has 0 spiro atoms. The average Bonchev–Trinajstić information content (AvgIpc) is 3.47. The van der Waals surface area contributed by atoms with Gasteiger partial charge in [-0.05, 0) is 38.3 Å². The summed E-state index contributed by atoms with van der Waals surface area (Å²) in [6, 6.07) is 2.47. The van der Waals surface area contributed by atoms with Crippen molar-refractivity contribution < 1.29 is 44.1 Å². The molecule has 0 saturated carbocycles. The molecule has 2 rings (SSSR count). The van der Waals surface area contributed by atoms with E-state index in [1.165, 1.54) is 6.92 Å². The summed E-state index contributed by atoms with van der Waals surface area (Å²) >= 11 is 3.93. The Hall–Kier alpha value is -3.69. The summed E-state index contributed by atoms with van der Waals surface area (Å²) in [5.74, 6) is -5.97. The quantitative estimate of drug-likeness (QED) is 0.0973. The predicted molar refractivity (Wildman–Crippen MR) is 149 cm³/mol. The van der Waals surface area contributed by atoms with Crippen LogP contribution in [0.15, 0.2) is 30.3 Å². The second kappa shape index (κ2) is 16.5. The second-order valence-corrected chi connectivity index (χ2v) is 10.1. The molecule has 1 aromatic carbocycles. The van der Waals surface area contributed by atoms with Gasteiger partial charge in [-0.15, -0.1) is 0 Å². The maximum atomic E-state index is 13.3. The van der Waals surface area contributed by atoms with Gasteiger partial charge in [0.2, 0.25) is 23.6 Å². The number of aliphatic hydroxyl groups is 1. The number of carbonyl (C=O) groups is 6. The first-order valence-electron chi connectivity index (χ1n) is 13.1. The number of aliphatic hydroxyl groups excluding tert-OH is 1. The van der Waals surface area contributed by atoms with Gasteiger partial charge in [-0.1, -0.05) is 30.3 Å². The normalized spacial score (nSPS) is 18.2. The number of nitrogens with one attached hydrogen (secondary N) is 5. The summed E-state index contributed by atoms with van der Waals surface area (Å²) in [4.78, 5) is 74.6. The first kappa shape index (κ1) is 33.5. The molecule has 0 unspecified atom stereocenters. The molecule has 4 amide bonds. The average molecular weight is 596 g/mol. The van der Waals surface area contributed by atoms with Crippen LogP contribution >= 0.6 is 12.6 Å². The maximum Gasteiger partial charge on any atom is 0.327 e. The van der Waals surface area contributed by atoms with Crippen LogP contribution in [0.5, 0.6) is 0 Å². The third-order valence-electron chi connectivity index (χ3n) is 6.43. The number of carboxylic acids is 2. The molecule has 8 N–H and O–H groups in total. The zero-order valence-electron chi connectivity index (χ0n) is 22.5. The molecule has 15 heteroatoms. The number of thiol groups is 1. The van der Waals surface area contributed by atoms with Crippen molar-refractivity contribution in [1.29, 1.82) is 0 Å². The highest BCUT2D eigenvalue weighted by molar-refractivity contribution is 7.80. The monoisotopic (exact) mass is 595 g/mol. The van der Waals surface area contributed by atoms with Gasteiger partial charge in [-0.2, -0.15) is 12.6 Å². The summed E-state index contributed by atoms with van der Waals surface area (Å²) < 4.78 is 0. The van der Waals surface area contributed by atoms with Crippen LogP contribution < -0.4 is 26.6 Å². The minimum atomic E-state index is -1.47. The van der Waals surface area contributed by atoms with Crippen molar-refractivity contribution >= 4 is 48.2 Å². The number of hydrogen-bond acceptors (Lipinski definition) is 9. The summed E-state index contributed by atoms with van der Waals surface area (Å²) in [5.41, 5.74) is 0.634. The van der Waals surface area contributed by atoms with E-state index in [4.69, 9.17) is 0 Å². The van der Waals surface area contributed by atoms with E-state index < -0.39 is 78.3 Å². The van der Waals surface area contributed by atoms with E-state index in [1.54, 1.807) is 30.3 Å². The molecule has 1 aromatic rings. The van der Waals surface area contributed by atoms with Crippen LogP contribution in [-0.4, -0.2) is 99.5 Å². The third kappa shape index (κ3) is 11.0. The molecule has 1 heterocycles. The van der Waals surface area contributed by atoms with E-state index in [2.05, 4.69) is 39.2 Å². The molecule has 0 radical (unpaired) electrons. The molecule has 0 aromatic heterocycles. The van der Waals surface area contributed by atoms with Crippen molar-refractivity contribution in [2.75, 3.05) is 12.3 Å². The molecule has 14 nitrogen and oxygen atoms in total. The summed E-state index contributed by atoms with van der Waals surface area (Å²) in [7, 11) is 0. The molecule has 1 fully saturated rings. The number of amides is 4. The topological polar surface area (TPSA) is 223 Å². The van der Waals surface area contributed by atoms with E-state index in [9.17, 15) is 44.1 Å². The van der Waals surface area contributed by atoms with Crippen LogP contribution in [0.25, 0.3) is 0 Å². The number of carboxylic acid groups (broad SMARTS) is 2. The van der Waals surface area contributed by atoms with Crippen molar-refractivity contribution in [3.05, 3.63) is 35.9 Å². The molecule has 1 saturated heterocycles. The summed E-state index contributed by atoms with van der Waals surface area (Å²) in [6.07, 6.45) is -0.977. The highest BCUT2D eigenvalue weighted by atomic mass is 32.1. The van der Waals surface area contributed by atoms with Crippen molar-refractivity contribution in [2.24, 2.45) is 0 Å². The number of rotatable bonds is 16. The van der Waals surface area contributed by atoms with Gasteiger partial charge >= 0.3 is 11.9 Å². The number of hydrogen-bond donors (Lipinski definition) is 9. The standard InChI is InChI=1S/C26H37N5O9S/c1-14(32)21(31-22(35)16-8-5-11-27-16)25(38)28-17(9-10-20(33)34)23(36)29-18(12-15-6-3-2-4-7-15)24(37)30-19(13-41)26(39)40/h2-4,6-7,14,16-19,21,27,32,41H,5,8-13H2,1H3,(H,28,38)(H,29,36)(H,30,37)(H,31,35)(H,33,34)(H,39,40)/t14-,16+,17+,18+,19+,21+/m1/s1. The third-order valence-corrected chi connectivity index (χ3v) is 6.80.